The van der Waals surface area contributed by atoms with Crippen molar-refractivity contribution < 1.29 is 23.8 Å². The lowest BCUT2D eigenvalue weighted by molar-refractivity contribution is -0.231. The number of carbonyl (C=O) groups excluding carboxylic acids is 1. The lowest BCUT2D eigenvalue weighted by Gasteiger charge is -2.23. The summed E-state index contributed by atoms with van der Waals surface area (Å²) in [5.74, 6) is -0.890. The van der Waals surface area contributed by atoms with E-state index < -0.39 is 12.1 Å². The zero-order valence-electron chi connectivity index (χ0n) is 10.6. The molecule has 0 bridgehead atoms. The number of likely N-dealkylation sites (N-methyl/N-ethyl adjacent to an activating group) is 1. The highest BCUT2D eigenvalue weighted by Crippen LogP contribution is 2.31. The lowest BCUT2D eigenvalue weighted by Crippen LogP contribution is -2.38. The van der Waals surface area contributed by atoms with Crippen LogP contribution < -0.4 is 0 Å². The zero-order chi connectivity index (χ0) is 12.6. The van der Waals surface area contributed by atoms with Crippen molar-refractivity contribution in [3.63, 3.8) is 0 Å². The molecular weight excluding hydrogens is 226 g/mol. The summed E-state index contributed by atoms with van der Waals surface area (Å²) in [4.78, 5) is 16.3. The predicted octanol–water partition coefficient (Wildman–Crippen LogP) is 0.663. The average Bonchev–Trinajstić information content (AvgIpc) is 2.68. The molecule has 0 N–H and O–H groups in total. The van der Waals surface area contributed by atoms with E-state index in [1.165, 1.54) is 6.92 Å². The number of ether oxygens (including phenoxy) is 3. The van der Waals surface area contributed by atoms with E-state index in [-0.39, 0.29) is 18.1 Å². The van der Waals surface area contributed by atoms with E-state index in [9.17, 15) is 4.79 Å². The molecule has 3 atom stereocenters. The molecule has 17 heavy (non-hydrogen) atoms. The monoisotopic (exact) mass is 245 g/mol. The van der Waals surface area contributed by atoms with E-state index in [0.29, 0.717) is 13.0 Å². The Labute approximate surface area is 101 Å². The molecule has 2 aliphatic heterocycles. The first-order valence-electron chi connectivity index (χ1n) is 5.76. The third kappa shape index (κ3) is 2.95. The number of nitrogens with zero attached hydrogens (tertiary/aromatic N) is 1. The largest absolute Gasteiger partial charge is 0.434 e. The van der Waals surface area contributed by atoms with Crippen LogP contribution >= 0.6 is 0 Å². The highest BCUT2D eigenvalue weighted by molar-refractivity contribution is 5.66. The van der Waals surface area contributed by atoms with E-state index in [1.54, 1.807) is 5.06 Å². The van der Waals surface area contributed by atoms with Crippen molar-refractivity contribution in [2.45, 2.75) is 51.4 Å². The van der Waals surface area contributed by atoms with Crippen LogP contribution in [0.2, 0.25) is 0 Å². The maximum absolute atomic E-state index is 10.9. The number of hydrogen-bond donors (Lipinski definition) is 0. The second-order valence-corrected chi connectivity index (χ2v) is 4.86. The highest BCUT2D eigenvalue weighted by Gasteiger charge is 2.44. The summed E-state index contributed by atoms with van der Waals surface area (Å²) in [6.07, 6.45) is 0.0190. The van der Waals surface area contributed by atoms with Crippen LogP contribution in [-0.4, -0.2) is 48.9 Å². The normalized spacial score (nSPS) is 37.3. The Kier molecular flexibility index (Phi) is 3.40. The van der Waals surface area contributed by atoms with Gasteiger partial charge in [-0.25, -0.2) is 0 Å². The van der Waals surface area contributed by atoms with Crippen LogP contribution in [0.1, 0.15) is 27.2 Å². The molecule has 6 nitrogen and oxygen atoms in total. The van der Waals surface area contributed by atoms with Crippen molar-refractivity contribution in [1.29, 1.82) is 0 Å². The maximum Gasteiger partial charge on any atom is 0.304 e. The van der Waals surface area contributed by atoms with Crippen LogP contribution in [0.5, 0.6) is 0 Å². The maximum atomic E-state index is 10.9. The van der Waals surface area contributed by atoms with Gasteiger partial charge in [0.1, 0.15) is 6.10 Å². The molecule has 0 aromatic rings. The van der Waals surface area contributed by atoms with Crippen LogP contribution in [-0.2, 0) is 23.8 Å². The molecule has 2 aliphatic rings. The molecule has 0 spiro atoms. The number of hydroxylamine groups is 2. The summed E-state index contributed by atoms with van der Waals surface area (Å²) < 4.78 is 16.3. The second-order valence-electron chi connectivity index (χ2n) is 4.86. The van der Waals surface area contributed by atoms with Gasteiger partial charge in [-0.05, 0) is 13.8 Å². The van der Waals surface area contributed by atoms with Crippen LogP contribution in [0.4, 0.5) is 0 Å². The van der Waals surface area contributed by atoms with Crippen LogP contribution in [0.3, 0.4) is 0 Å². The summed E-state index contributed by atoms with van der Waals surface area (Å²) in [6, 6.07) is 0.0427. The van der Waals surface area contributed by atoms with Crippen molar-refractivity contribution in [2.24, 2.45) is 0 Å². The standard InChI is InChI=1S/C11H19NO5/c1-7(13)15-10-5-8(12(4)17-10)9-6-14-11(2,3)16-9/h8-10H,5-6H2,1-4H3/t8-,9+,10?/m0/s1. The first-order chi connectivity index (χ1) is 7.87. The Bertz CT molecular complexity index is 306. The number of esters is 1. The Morgan fingerprint density at radius 1 is 1.47 bits per heavy atom. The van der Waals surface area contributed by atoms with Gasteiger partial charge in [-0.2, -0.15) is 5.06 Å². The van der Waals surface area contributed by atoms with Crippen LogP contribution in [0.25, 0.3) is 0 Å². The summed E-state index contributed by atoms with van der Waals surface area (Å²) in [7, 11) is 1.81. The lowest BCUT2D eigenvalue weighted by atomic mass is 10.1. The smallest absolute Gasteiger partial charge is 0.304 e. The van der Waals surface area contributed by atoms with Gasteiger partial charge < -0.3 is 14.2 Å². The van der Waals surface area contributed by atoms with Gasteiger partial charge in [0.25, 0.3) is 0 Å². The van der Waals surface area contributed by atoms with E-state index in [4.69, 9.17) is 19.0 Å². The van der Waals surface area contributed by atoms with Gasteiger partial charge in [-0.3, -0.25) is 9.63 Å². The van der Waals surface area contributed by atoms with E-state index in [1.807, 2.05) is 20.9 Å². The number of rotatable bonds is 2. The van der Waals surface area contributed by atoms with Crippen LogP contribution in [0.15, 0.2) is 0 Å². The van der Waals surface area contributed by atoms with Crippen LogP contribution in [0, 0.1) is 0 Å². The van der Waals surface area contributed by atoms with E-state index in [2.05, 4.69) is 0 Å². The molecular formula is C11H19NO5. The van der Waals surface area contributed by atoms with Gasteiger partial charge in [0.15, 0.2) is 5.79 Å². The van der Waals surface area contributed by atoms with Gasteiger partial charge in [-0.15, -0.1) is 0 Å². The molecule has 98 valence electrons. The van der Waals surface area contributed by atoms with Crippen molar-refractivity contribution in [3.8, 4) is 0 Å². The Balaban J connectivity index is 1.92. The minimum Gasteiger partial charge on any atom is -0.434 e. The molecule has 0 aromatic heterocycles. The fraction of sp³-hybridized carbons (Fsp3) is 0.909. The van der Waals surface area contributed by atoms with Gasteiger partial charge in [-0.1, -0.05) is 0 Å². The van der Waals surface area contributed by atoms with Gasteiger partial charge in [0.2, 0.25) is 6.29 Å². The SMILES string of the molecule is CC(=O)OC1C[C@@H]([C@H]2COC(C)(C)O2)N(C)O1. The van der Waals surface area contributed by atoms with E-state index in [0.717, 1.165) is 0 Å². The third-order valence-electron chi connectivity index (χ3n) is 2.94. The molecule has 0 saturated carbocycles. The molecule has 2 heterocycles. The molecule has 0 amide bonds. The number of hydrogen-bond acceptors (Lipinski definition) is 6. The molecule has 0 aliphatic carbocycles. The highest BCUT2D eigenvalue weighted by atomic mass is 16.8. The molecule has 0 radical (unpaired) electrons. The minimum atomic E-state index is -0.551. The summed E-state index contributed by atoms with van der Waals surface area (Å²) in [5, 5.41) is 1.68. The van der Waals surface area contributed by atoms with Crippen molar-refractivity contribution >= 4 is 5.97 Å². The second kappa shape index (κ2) is 4.53. The summed E-state index contributed by atoms with van der Waals surface area (Å²) in [5.41, 5.74) is 0. The summed E-state index contributed by atoms with van der Waals surface area (Å²) in [6.45, 7) is 5.66. The number of carbonyl (C=O) groups is 1. The first-order valence-corrected chi connectivity index (χ1v) is 5.76. The predicted molar refractivity (Wildman–Crippen MR) is 57.7 cm³/mol. The van der Waals surface area contributed by atoms with Crippen molar-refractivity contribution in [2.75, 3.05) is 13.7 Å². The fourth-order valence-electron chi connectivity index (χ4n) is 2.20. The quantitative estimate of drug-likeness (QED) is 0.666. The summed E-state index contributed by atoms with van der Waals surface area (Å²) >= 11 is 0. The molecule has 0 aromatic carbocycles. The first kappa shape index (κ1) is 12.8. The molecule has 6 heteroatoms. The van der Waals surface area contributed by atoms with Crippen molar-refractivity contribution in [1.82, 2.24) is 5.06 Å². The fourth-order valence-corrected chi connectivity index (χ4v) is 2.20. The third-order valence-corrected chi connectivity index (χ3v) is 2.94. The van der Waals surface area contributed by atoms with Gasteiger partial charge >= 0.3 is 5.97 Å². The minimum absolute atomic E-state index is 0.0427. The van der Waals surface area contributed by atoms with E-state index >= 15 is 0 Å². The Morgan fingerprint density at radius 3 is 2.71 bits per heavy atom. The Hall–Kier alpha value is -0.690. The molecule has 2 rings (SSSR count). The zero-order valence-corrected chi connectivity index (χ0v) is 10.6. The van der Waals surface area contributed by atoms with Gasteiger partial charge in [0.05, 0.1) is 12.6 Å². The van der Waals surface area contributed by atoms with Crippen molar-refractivity contribution in [3.05, 3.63) is 0 Å². The average molecular weight is 245 g/mol. The molecule has 2 fully saturated rings. The topological polar surface area (TPSA) is 57.2 Å². The Morgan fingerprint density at radius 2 is 2.18 bits per heavy atom. The molecule has 2 saturated heterocycles. The molecule has 1 unspecified atom stereocenters. The van der Waals surface area contributed by atoms with Gasteiger partial charge in [0, 0.05) is 20.4 Å².